The van der Waals surface area contributed by atoms with Crippen molar-refractivity contribution in [3.8, 4) is 5.69 Å². The number of rotatable bonds is 4. The Hall–Kier alpha value is -7.56. The molecular formula is C54H35N3O. The summed E-state index contributed by atoms with van der Waals surface area (Å²) in [6, 6.07) is 64.9. The lowest BCUT2D eigenvalue weighted by Crippen LogP contribution is -2.12. The van der Waals surface area contributed by atoms with E-state index in [0.717, 1.165) is 82.9 Å². The van der Waals surface area contributed by atoms with Crippen LogP contribution in [0.5, 0.6) is 0 Å². The molecule has 1 aliphatic heterocycles. The molecule has 0 N–H and O–H groups in total. The third-order valence-electron chi connectivity index (χ3n) is 11.9. The summed E-state index contributed by atoms with van der Waals surface area (Å²) in [7, 11) is 0. The Morgan fingerprint density at radius 2 is 1.10 bits per heavy atom. The summed E-state index contributed by atoms with van der Waals surface area (Å²) in [6.07, 6.45) is 2.31. The van der Waals surface area contributed by atoms with Crippen molar-refractivity contribution in [3.63, 3.8) is 0 Å². The monoisotopic (exact) mass is 741 g/mol. The van der Waals surface area contributed by atoms with Crippen LogP contribution in [0.15, 0.2) is 202 Å². The quantitative estimate of drug-likeness (QED) is 0.177. The number of benzene rings is 9. The van der Waals surface area contributed by atoms with Crippen molar-refractivity contribution in [2.75, 3.05) is 0 Å². The molecule has 4 nitrogen and oxygen atoms in total. The summed E-state index contributed by atoms with van der Waals surface area (Å²) in [6.45, 7) is 2.23. The Kier molecular flexibility index (Phi) is 7.17. The van der Waals surface area contributed by atoms with Gasteiger partial charge >= 0.3 is 0 Å². The number of hydrogen-bond acceptors (Lipinski definition) is 3. The molecule has 9 aromatic carbocycles. The maximum Gasteiger partial charge on any atom is 0.160 e. The van der Waals surface area contributed by atoms with Crippen LogP contribution in [0, 0.1) is 5.92 Å². The molecule has 3 heterocycles. The van der Waals surface area contributed by atoms with Gasteiger partial charge in [-0.05, 0) is 92.5 Å². The Labute approximate surface area is 334 Å². The molecule has 0 radical (unpaired) electrons. The number of amidine groups is 1. The number of aromatic nitrogens is 1. The van der Waals surface area contributed by atoms with Gasteiger partial charge in [0.1, 0.15) is 11.2 Å². The summed E-state index contributed by atoms with van der Waals surface area (Å²) in [5.41, 5.74) is 9.86. The molecule has 1 atom stereocenters. The van der Waals surface area contributed by atoms with Crippen LogP contribution in [0.2, 0.25) is 0 Å². The highest BCUT2D eigenvalue weighted by Crippen LogP contribution is 2.44. The summed E-state index contributed by atoms with van der Waals surface area (Å²) in [5.74, 6) is 0.609. The second kappa shape index (κ2) is 12.7. The Bertz CT molecular complexity index is 3580. The average Bonchev–Trinajstić information content (AvgIpc) is 3.73. The average molecular weight is 742 g/mol. The van der Waals surface area contributed by atoms with Gasteiger partial charge in [0, 0.05) is 38.6 Å². The minimum absolute atomic E-state index is 0.0664. The van der Waals surface area contributed by atoms with E-state index in [9.17, 15) is 0 Å². The van der Waals surface area contributed by atoms with Gasteiger partial charge in [-0.3, -0.25) is 0 Å². The highest BCUT2D eigenvalue weighted by molar-refractivity contribution is 6.21. The summed E-state index contributed by atoms with van der Waals surface area (Å²) in [5, 5.41) is 11.6. The summed E-state index contributed by atoms with van der Waals surface area (Å²) >= 11 is 0. The fraction of sp³-hybridized carbons (Fsp3) is 0.0370. The molecule has 58 heavy (non-hydrogen) atoms. The number of fused-ring (bicyclic) bond motifs is 9. The van der Waals surface area contributed by atoms with E-state index in [-0.39, 0.29) is 5.92 Å². The molecule has 0 saturated heterocycles. The molecule has 1 aliphatic rings. The Morgan fingerprint density at radius 1 is 0.466 bits per heavy atom. The number of allylic oxidation sites excluding steroid dienone is 1. The molecule has 2 aromatic heterocycles. The predicted octanol–water partition coefficient (Wildman–Crippen LogP) is 14.1. The van der Waals surface area contributed by atoms with Crippen molar-refractivity contribution >= 4 is 93.3 Å². The number of furan rings is 1. The maximum atomic E-state index is 6.79. The van der Waals surface area contributed by atoms with Gasteiger partial charge in [-0.1, -0.05) is 140 Å². The van der Waals surface area contributed by atoms with Crippen LogP contribution >= 0.6 is 0 Å². The standard InChI is InChI=1S/C54H35N3O/c1-33-27-45(55-54(56-53(33)35-14-3-2-4-15-35)41-24-23-34-13-5-6-16-36(34)28-41)52-47(25-26-49-51(52)44-30-38-18-8-10-20-40(38)32-50(44)58-49)57-46-22-12-11-21-42(46)43-29-37-17-7-9-19-39(37)31-48(43)57/h2-33H,1H3. The normalized spacial score (nSPS) is 14.8. The topological polar surface area (TPSA) is 42.8 Å². The van der Waals surface area contributed by atoms with Gasteiger partial charge in [0.25, 0.3) is 0 Å². The number of aliphatic imine (C=N–C) groups is 2. The second-order valence-electron chi connectivity index (χ2n) is 15.4. The number of nitrogens with zero attached hydrogens (tertiary/aromatic N) is 3. The highest BCUT2D eigenvalue weighted by Gasteiger charge is 2.26. The van der Waals surface area contributed by atoms with Crippen LogP contribution in [-0.2, 0) is 0 Å². The largest absolute Gasteiger partial charge is 0.456 e. The molecule has 12 rings (SSSR count). The van der Waals surface area contributed by atoms with Gasteiger partial charge in [0.05, 0.1) is 28.1 Å². The lowest BCUT2D eigenvalue weighted by molar-refractivity contribution is 0.669. The van der Waals surface area contributed by atoms with Crippen LogP contribution in [0.4, 0.5) is 0 Å². The minimum Gasteiger partial charge on any atom is -0.456 e. The van der Waals surface area contributed by atoms with E-state index in [1.807, 2.05) is 0 Å². The first kappa shape index (κ1) is 32.7. The first-order valence-electron chi connectivity index (χ1n) is 19.9. The molecule has 0 aliphatic carbocycles. The van der Waals surface area contributed by atoms with Gasteiger partial charge in [-0.25, -0.2) is 9.98 Å². The molecule has 0 amide bonds. The van der Waals surface area contributed by atoms with Crippen molar-refractivity contribution in [2.45, 2.75) is 6.92 Å². The van der Waals surface area contributed by atoms with E-state index in [4.69, 9.17) is 14.4 Å². The molecular weight excluding hydrogens is 707 g/mol. The van der Waals surface area contributed by atoms with Crippen LogP contribution in [-0.4, -0.2) is 16.1 Å². The lowest BCUT2D eigenvalue weighted by Gasteiger charge is -2.17. The van der Waals surface area contributed by atoms with Gasteiger partial charge < -0.3 is 8.98 Å². The molecule has 4 heteroatoms. The molecule has 0 fully saturated rings. The zero-order chi connectivity index (χ0) is 38.3. The second-order valence-corrected chi connectivity index (χ2v) is 15.4. The van der Waals surface area contributed by atoms with Gasteiger partial charge in [-0.2, -0.15) is 0 Å². The van der Waals surface area contributed by atoms with Crippen LogP contribution < -0.4 is 0 Å². The van der Waals surface area contributed by atoms with Crippen LogP contribution in [0.1, 0.15) is 23.6 Å². The van der Waals surface area contributed by atoms with E-state index < -0.39 is 0 Å². The molecule has 0 bridgehead atoms. The van der Waals surface area contributed by atoms with E-state index in [0.29, 0.717) is 5.84 Å². The van der Waals surface area contributed by atoms with Gasteiger partial charge in [0.2, 0.25) is 0 Å². The first-order valence-corrected chi connectivity index (χ1v) is 19.9. The fourth-order valence-corrected chi connectivity index (χ4v) is 9.14. The summed E-state index contributed by atoms with van der Waals surface area (Å²) < 4.78 is 9.23. The van der Waals surface area contributed by atoms with E-state index in [1.165, 1.54) is 26.9 Å². The fourth-order valence-electron chi connectivity index (χ4n) is 9.14. The predicted molar refractivity (Wildman–Crippen MR) is 244 cm³/mol. The van der Waals surface area contributed by atoms with E-state index >= 15 is 0 Å². The van der Waals surface area contributed by atoms with Crippen molar-refractivity contribution in [1.82, 2.24) is 4.57 Å². The third kappa shape index (κ3) is 5.08. The maximum absolute atomic E-state index is 6.79. The summed E-state index contributed by atoms with van der Waals surface area (Å²) in [4.78, 5) is 11.1. The van der Waals surface area contributed by atoms with Crippen LogP contribution in [0.25, 0.3) is 87.4 Å². The van der Waals surface area contributed by atoms with E-state index in [1.54, 1.807) is 0 Å². The van der Waals surface area contributed by atoms with Crippen molar-refractivity contribution < 1.29 is 4.42 Å². The molecule has 1 unspecified atom stereocenters. The zero-order valence-corrected chi connectivity index (χ0v) is 31.7. The van der Waals surface area contributed by atoms with E-state index in [2.05, 4.69) is 200 Å². The minimum atomic E-state index is -0.0664. The van der Waals surface area contributed by atoms with Crippen molar-refractivity contribution in [1.29, 1.82) is 0 Å². The first-order chi connectivity index (χ1) is 28.6. The Morgan fingerprint density at radius 3 is 1.88 bits per heavy atom. The Balaban J connectivity index is 1.22. The third-order valence-corrected chi connectivity index (χ3v) is 11.9. The zero-order valence-electron chi connectivity index (χ0n) is 31.7. The van der Waals surface area contributed by atoms with Gasteiger partial charge in [-0.15, -0.1) is 0 Å². The van der Waals surface area contributed by atoms with Crippen molar-refractivity contribution in [3.05, 3.63) is 205 Å². The van der Waals surface area contributed by atoms with Crippen LogP contribution in [0.3, 0.4) is 0 Å². The number of hydrogen-bond donors (Lipinski definition) is 0. The highest BCUT2D eigenvalue weighted by atomic mass is 16.3. The smallest absolute Gasteiger partial charge is 0.160 e. The SMILES string of the molecule is CC1C=C(c2c(-n3c4ccccc4c4cc5ccccc5cc43)ccc3oc4cc5ccccc5cc4c23)N=C(c2ccc3ccccc3c2)N=C1c1ccccc1. The molecule has 272 valence electrons. The molecule has 0 spiro atoms. The number of para-hydroxylation sites is 1. The lowest BCUT2D eigenvalue weighted by atomic mass is 9.94. The molecule has 0 saturated carbocycles. The van der Waals surface area contributed by atoms with Gasteiger partial charge in [0.15, 0.2) is 5.84 Å². The van der Waals surface area contributed by atoms with Crippen molar-refractivity contribution in [2.24, 2.45) is 15.9 Å². The molecule has 11 aromatic rings.